The van der Waals surface area contributed by atoms with Crippen LogP contribution in [-0.4, -0.2) is 55.4 Å². The van der Waals surface area contributed by atoms with Crippen molar-refractivity contribution >= 4 is 11.8 Å². The van der Waals surface area contributed by atoms with Gasteiger partial charge in [-0.15, -0.1) is 0 Å². The van der Waals surface area contributed by atoms with Crippen LogP contribution >= 0.6 is 0 Å². The van der Waals surface area contributed by atoms with Gasteiger partial charge in [0.1, 0.15) is 24.0 Å². The number of pyridine rings is 1. The number of halogens is 1. The Morgan fingerprint density at radius 3 is 2.58 bits per heavy atom. The highest BCUT2D eigenvalue weighted by atomic mass is 19.1. The first-order chi connectivity index (χ1) is 17.5. The molecule has 5 rings (SSSR count). The summed E-state index contributed by atoms with van der Waals surface area (Å²) in [5.41, 5.74) is 2.22. The van der Waals surface area contributed by atoms with E-state index in [9.17, 15) is 14.4 Å². The summed E-state index contributed by atoms with van der Waals surface area (Å²) in [5, 5.41) is 15.7. The van der Waals surface area contributed by atoms with Crippen molar-refractivity contribution in [2.24, 2.45) is 0 Å². The first-order valence-electron chi connectivity index (χ1n) is 11.6. The lowest BCUT2D eigenvalue weighted by Gasteiger charge is -2.40. The van der Waals surface area contributed by atoms with E-state index in [1.165, 1.54) is 18.5 Å². The van der Waals surface area contributed by atoms with Gasteiger partial charge in [-0.05, 0) is 42.7 Å². The number of H-pyrrole nitrogens is 1. The summed E-state index contributed by atoms with van der Waals surface area (Å²) in [6.07, 6.45) is 7.47. The summed E-state index contributed by atoms with van der Waals surface area (Å²) >= 11 is 0. The SMILES string of the molecule is CCc1cnc(N2CCN(c3ncc(-c4ccc(-n5cn[nH]c5=O)c(F)c4)cc3C#N)[C@@H](C)C2)nc1. The molecule has 36 heavy (non-hydrogen) atoms. The molecule has 3 aromatic heterocycles. The molecule has 0 amide bonds. The topological polar surface area (TPSA) is 120 Å². The third kappa shape index (κ3) is 4.29. The normalized spacial score (nSPS) is 15.7. The minimum absolute atomic E-state index is 0.0728. The minimum atomic E-state index is -0.586. The van der Waals surface area contributed by atoms with Gasteiger partial charge in [-0.3, -0.25) is 0 Å². The molecule has 4 heterocycles. The highest BCUT2D eigenvalue weighted by Crippen LogP contribution is 2.29. The molecule has 0 spiro atoms. The quantitative estimate of drug-likeness (QED) is 0.458. The van der Waals surface area contributed by atoms with Crippen LogP contribution in [0.2, 0.25) is 0 Å². The molecule has 1 aromatic carbocycles. The summed E-state index contributed by atoms with van der Waals surface area (Å²) in [4.78, 5) is 29.6. The molecular formula is C25H24FN9O. The van der Waals surface area contributed by atoms with Gasteiger partial charge in [-0.2, -0.15) is 10.4 Å². The number of aryl methyl sites for hydroxylation is 1. The van der Waals surface area contributed by atoms with Crippen molar-refractivity contribution in [2.45, 2.75) is 26.3 Å². The maximum Gasteiger partial charge on any atom is 0.347 e. The average Bonchev–Trinajstić information content (AvgIpc) is 3.33. The number of benzene rings is 1. The Bertz CT molecular complexity index is 1490. The fourth-order valence-electron chi connectivity index (χ4n) is 4.38. The number of nitriles is 1. The molecule has 1 fully saturated rings. The van der Waals surface area contributed by atoms with Crippen LogP contribution in [0.4, 0.5) is 16.2 Å². The van der Waals surface area contributed by atoms with Gasteiger partial charge >= 0.3 is 5.69 Å². The number of nitrogens with zero attached hydrogens (tertiary/aromatic N) is 8. The average molecular weight is 486 g/mol. The van der Waals surface area contributed by atoms with Crippen molar-refractivity contribution in [2.75, 3.05) is 29.4 Å². The standard InChI is InChI=1S/C25H24FN9O/c1-3-17-11-29-24(30-12-17)33-6-7-34(16(2)14-33)23-19(10-27)8-20(13-28-23)18-4-5-22(21(26)9-18)35-15-31-32-25(35)36/h4-5,8-9,11-13,15-16H,3,6-7,14H2,1-2H3,(H,32,36)/t16-/m0/s1. The van der Waals surface area contributed by atoms with Gasteiger partial charge < -0.3 is 9.80 Å². The van der Waals surface area contributed by atoms with Crippen molar-refractivity contribution in [3.05, 3.63) is 76.6 Å². The second kappa shape index (κ2) is 9.58. The van der Waals surface area contributed by atoms with E-state index in [4.69, 9.17) is 0 Å². The smallest absolute Gasteiger partial charge is 0.347 e. The van der Waals surface area contributed by atoms with Crippen LogP contribution in [0.15, 0.2) is 54.0 Å². The third-order valence-electron chi connectivity index (χ3n) is 6.36. The summed E-state index contributed by atoms with van der Waals surface area (Å²) < 4.78 is 15.9. The molecule has 4 aromatic rings. The Balaban J connectivity index is 1.37. The molecule has 1 N–H and O–H groups in total. The highest BCUT2D eigenvalue weighted by molar-refractivity contribution is 5.69. The number of piperazine rings is 1. The first-order valence-corrected chi connectivity index (χ1v) is 11.6. The third-order valence-corrected chi connectivity index (χ3v) is 6.36. The second-order valence-electron chi connectivity index (χ2n) is 8.64. The number of aromatic nitrogens is 6. The zero-order chi connectivity index (χ0) is 25.2. The molecule has 182 valence electrons. The molecule has 1 atom stereocenters. The van der Waals surface area contributed by atoms with E-state index >= 15 is 0 Å². The molecule has 1 aliphatic rings. The van der Waals surface area contributed by atoms with E-state index in [0.717, 1.165) is 16.6 Å². The van der Waals surface area contributed by atoms with Crippen molar-refractivity contribution in [1.82, 2.24) is 29.7 Å². The predicted octanol–water partition coefficient (Wildman–Crippen LogP) is 2.70. The Morgan fingerprint density at radius 1 is 1.14 bits per heavy atom. The van der Waals surface area contributed by atoms with Crippen LogP contribution < -0.4 is 15.5 Å². The van der Waals surface area contributed by atoms with Crippen LogP contribution in [0.3, 0.4) is 0 Å². The van der Waals surface area contributed by atoms with Crippen LogP contribution in [-0.2, 0) is 6.42 Å². The number of hydrogen-bond donors (Lipinski definition) is 1. The van der Waals surface area contributed by atoms with E-state index in [1.54, 1.807) is 18.3 Å². The Labute approximate surface area is 206 Å². The lowest BCUT2D eigenvalue weighted by molar-refractivity contribution is 0.538. The maximum atomic E-state index is 14.8. The molecule has 0 unspecified atom stereocenters. The summed E-state index contributed by atoms with van der Waals surface area (Å²) in [6, 6.07) is 8.53. The maximum absolute atomic E-state index is 14.8. The molecule has 0 bridgehead atoms. The minimum Gasteiger partial charge on any atom is -0.349 e. The Kier molecular flexibility index (Phi) is 6.16. The van der Waals surface area contributed by atoms with Crippen LogP contribution in [0.5, 0.6) is 0 Å². The molecule has 0 radical (unpaired) electrons. The first kappa shape index (κ1) is 23.2. The summed E-state index contributed by atoms with van der Waals surface area (Å²) in [5.74, 6) is 0.709. The van der Waals surface area contributed by atoms with Gasteiger partial charge in [0.05, 0.1) is 11.3 Å². The van der Waals surface area contributed by atoms with Gasteiger partial charge in [0.2, 0.25) is 5.95 Å². The zero-order valence-electron chi connectivity index (χ0n) is 19.9. The molecule has 1 saturated heterocycles. The van der Waals surface area contributed by atoms with Gasteiger partial charge in [0.25, 0.3) is 0 Å². The lowest BCUT2D eigenvalue weighted by Crippen LogP contribution is -2.53. The van der Waals surface area contributed by atoms with Gasteiger partial charge in [0, 0.05) is 49.8 Å². The number of hydrogen-bond acceptors (Lipinski definition) is 8. The lowest BCUT2D eigenvalue weighted by atomic mass is 10.0. The van der Waals surface area contributed by atoms with E-state index < -0.39 is 11.5 Å². The Morgan fingerprint density at radius 2 is 1.94 bits per heavy atom. The van der Waals surface area contributed by atoms with E-state index in [1.807, 2.05) is 12.4 Å². The summed E-state index contributed by atoms with van der Waals surface area (Å²) in [6.45, 7) is 6.20. The number of anilines is 2. The molecule has 1 aliphatic heterocycles. The predicted molar refractivity (Wildman–Crippen MR) is 133 cm³/mol. The van der Waals surface area contributed by atoms with Gasteiger partial charge in [-0.25, -0.2) is 33.8 Å². The van der Waals surface area contributed by atoms with Crippen LogP contribution in [0.1, 0.15) is 25.0 Å². The fourth-order valence-corrected chi connectivity index (χ4v) is 4.38. The van der Waals surface area contributed by atoms with Crippen molar-refractivity contribution in [3.63, 3.8) is 0 Å². The van der Waals surface area contributed by atoms with Crippen LogP contribution in [0, 0.1) is 17.1 Å². The zero-order valence-corrected chi connectivity index (χ0v) is 19.9. The number of rotatable bonds is 5. The monoisotopic (exact) mass is 485 g/mol. The Hall–Kier alpha value is -4.59. The fraction of sp³-hybridized carbons (Fsp3) is 0.280. The largest absolute Gasteiger partial charge is 0.349 e. The molecule has 10 nitrogen and oxygen atoms in total. The summed E-state index contributed by atoms with van der Waals surface area (Å²) in [7, 11) is 0. The van der Waals surface area contributed by atoms with Crippen molar-refractivity contribution in [3.8, 4) is 22.9 Å². The number of aromatic amines is 1. The van der Waals surface area contributed by atoms with E-state index in [0.29, 0.717) is 48.1 Å². The van der Waals surface area contributed by atoms with E-state index in [-0.39, 0.29) is 11.7 Å². The van der Waals surface area contributed by atoms with Crippen molar-refractivity contribution in [1.29, 1.82) is 5.26 Å². The molecule has 11 heteroatoms. The van der Waals surface area contributed by atoms with Crippen LogP contribution in [0.25, 0.3) is 16.8 Å². The van der Waals surface area contributed by atoms with Gasteiger partial charge in [-0.1, -0.05) is 13.0 Å². The number of nitrogens with one attached hydrogen (secondary N) is 1. The second-order valence-corrected chi connectivity index (χ2v) is 8.64. The molecule has 0 aliphatic carbocycles. The van der Waals surface area contributed by atoms with Crippen molar-refractivity contribution < 1.29 is 4.39 Å². The molecular weight excluding hydrogens is 461 g/mol. The molecule has 0 saturated carbocycles. The van der Waals surface area contributed by atoms with Gasteiger partial charge in [0.15, 0.2) is 0 Å². The van der Waals surface area contributed by atoms with E-state index in [2.05, 4.69) is 54.9 Å². The highest BCUT2D eigenvalue weighted by Gasteiger charge is 2.28.